The first-order valence-electron chi connectivity index (χ1n) is 8.56. The zero-order valence-electron chi connectivity index (χ0n) is 15.2. The van der Waals surface area contributed by atoms with Gasteiger partial charge < -0.3 is 5.32 Å². The number of rotatable bonds is 6. The highest BCUT2D eigenvalue weighted by molar-refractivity contribution is 8.00. The summed E-state index contributed by atoms with van der Waals surface area (Å²) in [5.41, 5.74) is 4.49. The van der Waals surface area contributed by atoms with Crippen LogP contribution in [-0.2, 0) is 4.79 Å². The van der Waals surface area contributed by atoms with Gasteiger partial charge in [-0.15, -0.1) is 23.1 Å². The molecule has 0 atom stereocenters. The first kappa shape index (κ1) is 18.7. The molecule has 3 nitrogen and oxygen atoms in total. The third-order valence-corrected chi connectivity index (χ3v) is 5.78. The second-order valence-electron chi connectivity index (χ2n) is 6.46. The maximum Gasteiger partial charge on any atom is 0.236 e. The molecule has 5 heteroatoms. The van der Waals surface area contributed by atoms with Crippen molar-refractivity contribution in [1.82, 2.24) is 4.98 Å². The molecule has 3 rings (SSSR count). The number of benzene rings is 2. The van der Waals surface area contributed by atoms with Gasteiger partial charge in [0.2, 0.25) is 5.91 Å². The lowest BCUT2D eigenvalue weighted by Crippen LogP contribution is -2.13. The molecule has 1 aromatic heterocycles. The number of hydrogen-bond acceptors (Lipinski definition) is 4. The van der Waals surface area contributed by atoms with Crippen LogP contribution < -0.4 is 5.32 Å². The second-order valence-corrected chi connectivity index (χ2v) is 8.37. The molecule has 26 heavy (non-hydrogen) atoms. The van der Waals surface area contributed by atoms with Crippen molar-refractivity contribution in [3.63, 3.8) is 0 Å². The van der Waals surface area contributed by atoms with Gasteiger partial charge in [-0.1, -0.05) is 55.8 Å². The first-order valence-corrected chi connectivity index (χ1v) is 10.4. The van der Waals surface area contributed by atoms with Crippen LogP contribution in [0.5, 0.6) is 0 Å². The number of aryl methyl sites for hydroxylation is 1. The molecule has 1 N–H and O–H groups in total. The van der Waals surface area contributed by atoms with E-state index in [2.05, 4.69) is 67.5 Å². The third-order valence-electron chi connectivity index (χ3n) is 4.01. The van der Waals surface area contributed by atoms with Crippen molar-refractivity contribution in [2.45, 2.75) is 31.6 Å². The molecular weight excluding hydrogens is 360 g/mol. The molecule has 0 fully saturated rings. The zero-order chi connectivity index (χ0) is 18.5. The van der Waals surface area contributed by atoms with Gasteiger partial charge in [-0.05, 0) is 30.5 Å². The van der Waals surface area contributed by atoms with E-state index in [1.165, 1.54) is 34.2 Å². The molecule has 0 aliphatic rings. The third kappa shape index (κ3) is 4.96. The highest BCUT2D eigenvalue weighted by Crippen LogP contribution is 2.27. The predicted octanol–water partition coefficient (Wildman–Crippen LogP) is 5.97. The van der Waals surface area contributed by atoms with Crippen molar-refractivity contribution in [2.24, 2.45) is 0 Å². The maximum absolute atomic E-state index is 12.2. The molecule has 0 saturated carbocycles. The minimum absolute atomic E-state index is 0.0355. The van der Waals surface area contributed by atoms with E-state index in [-0.39, 0.29) is 5.91 Å². The summed E-state index contributed by atoms with van der Waals surface area (Å²) in [6.45, 7) is 6.41. The fourth-order valence-corrected chi connectivity index (χ4v) is 3.88. The van der Waals surface area contributed by atoms with Gasteiger partial charge in [-0.25, -0.2) is 4.98 Å². The SMILES string of the molecule is Cc1ccc(SCC(=O)Nc2nc(-c3ccc(C(C)C)cc3)cs2)cc1. The Balaban J connectivity index is 1.57. The Labute approximate surface area is 162 Å². The number of hydrogen-bond donors (Lipinski definition) is 1. The van der Waals surface area contributed by atoms with Gasteiger partial charge >= 0.3 is 0 Å². The van der Waals surface area contributed by atoms with Crippen molar-refractivity contribution in [3.05, 3.63) is 65.0 Å². The number of anilines is 1. The summed E-state index contributed by atoms with van der Waals surface area (Å²) in [7, 11) is 0. The molecule has 134 valence electrons. The van der Waals surface area contributed by atoms with Crippen LogP contribution in [0.3, 0.4) is 0 Å². The monoisotopic (exact) mass is 382 g/mol. The number of carbonyl (C=O) groups is 1. The van der Waals surface area contributed by atoms with E-state index >= 15 is 0 Å². The van der Waals surface area contributed by atoms with Crippen molar-refractivity contribution < 1.29 is 4.79 Å². The lowest BCUT2D eigenvalue weighted by Gasteiger charge is -2.05. The quantitative estimate of drug-likeness (QED) is 0.534. The Morgan fingerprint density at radius 2 is 1.81 bits per heavy atom. The van der Waals surface area contributed by atoms with Crippen LogP contribution in [0.2, 0.25) is 0 Å². The summed E-state index contributed by atoms with van der Waals surface area (Å²) in [5.74, 6) is 0.855. The molecule has 0 bridgehead atoms. The molecular formula is C21H22N2OS2. The number of carbonyl (C=O) groups excluding carboxylic acids is 1. The molecule has 2 aromatic carbocycles. The molecule has 0 spiro atoms. The minimum atomic E-state index is -0.0355. The second kappa shape index (κ2) is 8.52. The molecule has 0 unspecified atom stereocenters. The minimum Gasteiger partial charge on any atom is -0.301 e. The number of amides is 1. The smallest absolute Gasteiger partial charge is 0.236 e. The van der Waals surface area contributed by atoms with Crippen LogP contribution in [0.1, 0.15) is 30.9 Å². The standard InChI is InChI=1S/C21H22N2OS2/c1-14(2)16-6-8-17(9-7-16)19-12-26-21(22-19)23-20(24)13-25-18-10-4-15(3)5-11-18/h4-12,14H,13H2,1-3H3,(H,22,23,24). The predicted molar refractivity (Wildman–Crippen MR) is 112 cm³/mol. The molecule has 3 aromatic rings. The average Bonchev–Trinajstić information content (AvgIpc) is 3.10. The number of thiazole rings is 1. The van der Waals surface area contributed by atoms with Gasteiger partial charge in [0.25, 0.3) is 0 Å². The number of nitrogens with one attached hydrogen (secondary N) is 1. The molecule has 0 saturated heterocycles. The van der Waals surface area contributed by atoms with Gasteiger partial charge in [0.05, 0.1) is 11.4 Å². The number of nitrogens with zero attached hydrogens (tertiary/aromatic N) is 1. The lowest BCUT2D eigenvalue weighted by atomic mass is 10.0. The van der Waals surface area contributed by atoms with Gasteiger partial charge in [-0.2, -0.15) is 0 Å². The van der Waals surface area contributed by atoms with Crippen LogP contribution in [0.25, 0.3) is 11.3 Å². The molecule has 0 aliphatic carbocycles. The summed E-state index contributed by atoms with van der Waals surface area (Å²) in [5, 5.41) is 5.51. The molecule has 1 amide bonds. The summed E-state index contributed by atoms with van der Waals surface area (Å²) in [4.78, 5) is 17.8. The average molecular weight is 383 g/mol. The highest BCUT2D eigenvalue weighted by atomic mass is 32.2. The molecule has 0 radical (unpaired) electrons. The van der Waals surface area contributed by atoms with E-state index in [0.717, 1.165) is 16.2 Å². The molecule has 0 aliphatic heterocycles. The van der Waals surface area contributed by atoms with Crippen LogP contribution in [0.4, 0.5) is 5.13 Å². The summed E-state index contributed by atoms with van der Waals surface area (Å²) in [6, 6.07) is 16.6. The normalized spacial score (nSPS) is 10.9. The van der Waals surface area contributed by atoms with E-state index in [4.69, 9.17) is 0 Å². The fourth-order valence-electron chi connectivity index (χ4n) is 2.44. The zero-order valence-corrected chi connectivity index (χ0v) is 16.8. The summed E-state index contributed by atoms with van der Waals surface area (Å²) < 4.78 is 0. The van der Waals surface area contributed by atoms with Gasteiger partial charge in [-0.3, -0.25) is 4.79 Å². The Bertz CT molecular complexity index is 868. The van der Waals surface area contributed by atoms with Crippen LogP contribution >= 0.6 is 23.1 Å². The van der Waals surface area contributed by atoms with E-state index in [9.17, 15) is 4.79 Å². The van der Waals surface area contributed by atoms with E-state index < -0.39 is 0 Å². The molecule has 1 heterocycles. The Kier molecular flexibility index (Phi) is 6.12. The van der Waals surface area contributed by atoms with E-state index in [1.54, 1.807) is 0 Å². The van der Waals surface area contributed by atoms with Gasteiger partial charge in [0, 0.05) is 15.8 Å². The summed E-state index contributed by atoms with van der Waals surface area (Å²) >= 11 is 2.98. The van der Waals surface area contributed by atoms with Crippen molar-refractivity contribution >= 4 is 34.1 Å². The van der Waals surface area contributed by atoms with E-state index in [0.29, 0.717) is 16.8 Å². The van der Waals surface area contributed by atoms with Gasteiger partial charge in [0.1, 0.15) is 0 Å². The Hall–Kier alpha value is -2.11. The first-order chi connectivity index (χ1) is 12.5. The van der Waals surface area contributed by atoms with Crippen molar-refractivity contribution in [2.75, 3.05) is 11.1 Å². The van der Waals surface area contributed by atoms with E-state index in [1.807, 2.05) is 17.5 Å². The lowest BCUT2D eigenvalue weighted by molar-refractivity contribution is -0.113. The summed E-state index contributed by atoms with van der Waals surface area (Å²) in [6.07, 6.45) is 0. The largest absolute Gasteiger partial charge is 0.301 e. The number of aromatic nitrogens is 1. The highest BCUT2D eigenvalue weighted by Gasteiger charge is 2.09. The number of thioether (sulfide) groups is 1. The van der Waals surface area contributed by atoms with Crippen LogP contribution in [0.15, 0.2) is 58.8 Å². The topological polar surface area (TPSA) is 42.0 Å². The Morgan fingerprint density at radius 1 is 1.12 bits per heavy atom. The van der Waals surface area contributed by atoms with Crippen molar-refractivity contribution in [3.8, 4) is 11.3 Å². The van der Waals surface area contributed by atoms with Gasteiger partial charge in [0.15, 0.2) is 5.13 Å². The van der Waals surface area contributed by atoms with Crippen LogP contribution in [-0.4, -0.2) is 16.6 Å². The maximum atomic E-state index is 12.2. The fraction of sp³-hybridized carbons (Fsp3) is 0.238. The van der Waals surface area contributed by atoms with Crippen LogP contribution in [0, 0.1) is 6.92 Å². The Morgan fingerprint density at radius 3 is 2.46 bits per heavy atom. The van der Waals surface area contributed by atoms with Crippen molar-refractivity contribution in [1.29, 1.82) is 0 Å².